The van der Waals surface area contributed by atoms with E-state index in [9.17, 15) is 9.59 Å². The second-order valence-electron chi connectivity index (χ2n) is 7.73. The largest absolute Gasteiger partial charge is 0.483 e. The summed E-state index contributed by atoms with van der Waals surface area (Å²) in [6.07, 6.45) is 2.48. The molecule has 2 heterocycles. The van der Waals surface area contributed by atoms with E-state index >= 15 is 0 Å². The van der Waals surface area contributed by atoms with Gasteiger partial charge in [-0.25, -0.2) is 0 Å². The van der Waals surface area contributed by atoms with Gasteiger partial charge in [-0.2, -0.15) is 0 Å². The Morgan fingerprint density at radius 3 is 2.46 bits per heavy atom. The van der Waals surface area contributed by atoms with Crippen molar-refractivity contribution in [1.82, 2.24) is 9.80 Å². The number of hydrogen-bond acceptors (Lipinski definition) is 4. The van der Waals surface area contributed by atoms with Gasteiger partial charge in [0, 0.05) is 32.1 Å². The van der Waals surface area contributed by atoms with Crippen LogP contribution in [0.2, 0.25) is 0 Å². The van der Waals surface area contributed by atoms with Gasteiger partial charge in [0.1, 0.15) is 5.75 Å². The number of piperidine rings is 1. The molecule has 6 nitrogen and oxygen atoms in total. The van der Waals surface area contributed by atoms with Crippen LogP contribution in [0.25, 0.3) is 0 Å². The summed E-state index contributed by atoms with van der Waals surface area (Å²) in [6, 6.07) is 7.94. The SMILES string of the molecule is CCC(C)c1ccccc1OCC(=O)N1CCC(C(=O)N2CCOCC2)CC1. The maximum atomic E-state index is 12.6. The fraction of sp³-hybridized carbons (Fsp3) is 0.636. The molecule has 1 aromatic carbocycles. The van der Waals surface area contributed by atoms with E-state index in [-0.39, 0.29) is 24.3 Å². The number of morpholine rings is 1. The minimum Gasteiger partial charge on any atom is -0.483 e. The zero-order valence-electron chi connectivity index (χ0n) is 17.1. The number of carbonyl (C=O) groups excluding carboxylic acids is 2. The smallest absolute Gasteiger partial charge is 0.260 e. The summed E-state index contributed by atoms with van der Waals surface area (Å²) in [5.41, 5.74) is 1.15. The maximum Gasteiger partial charge on any atom is 0.260 e. The first-order valence-corrected chi connectivity index (χ1v) is 10.5. The molecule has 28 heavy (non-hydrogen) atoms. The maximum absolute atomic E-state index is 12.6. The van der Waals surface area contributed by atoms with Gasteiger partial charge in [0.25, 0.3) is 5.91 Å². The average Bonchev–Trinajstić information content (AvgIpc) is 2.77. The first-order valence-electron chi connectivity index (χ1n) is 10.5. The Bertz CT molecular complexity index is 664. The van der Waals surface area contributed by atoms with Gasteiger partial charge in [-0.3, -0.25) is 9.59 Å². The molecule has 0 spiro atoms. The van der Waals surface area contributed by atoms with Crippen molar-refractivity contribution in [2.75, 3.05) is 46.0 Å². The van der Waals surface area contributed by atoms with Crippen LogP contribution >= 0.6 is 0 Å². The number of amides is 2. The highest BCUT2D eigenvalue weighted by molar-refractivity contribution is 5.80. The molecular weight excluding hydrogens is 356 g/mol. The molecule has 0 N–H and O–H groups in total. The van der Waals surface area contributed by atoms with Crippen molar-refractivity contribution in [1.29, 1.82) is 0 Å². The fourth-order valence-electron chi connectivity index (χ4n) is 3.89. The third-order valence-electron chi connectivity index (χ3n) is 5.93. The molecule has 0 aromatic heterocycles. The van der Waals surface area contributed by atoms with Gasteiger partial charge < -0.3 is 19.3 Å². The monoisotopic (exact) mass is 388 g/mol. The third-order valence-corrected chi connectivity index (χ3v) is 5.93. The van der Waals surface area contributed by atoms with Crippen LogP contribution in [0.15, 0.2) is 24.3 Å². The topological polar surface area (TPSA) is 59.1 Å². The normalized spacial score (nSPS) is 19.4. The lowest BCUT2D eigenvalue weighted by Gasteiger charge is -2.35. The Labute approximate surface area is 167 Å². The van der Waals surface area contributed by atoms with Crippen molar-refractivity contribution in [3.63, 3.8) is 0 Å². The van der Waals surface area contributed by atoms with Gasteiger partial charge >= 0.3 is 0 Å². The Balaban J connectivity index is 1.47. The van der Waals surface area contributed by atoms with Gasteiger partial charge in [-0.15, -0.1) is 0 Å². The first kappa shape index (κ1) is 20.6. The average molecular weight is 389 g/mol. The zero-order chi connectivity index (χ0) is 19.9. The minimum absolute atomic E-state index is 0.00349. The zero-order valence-corrected chi connectivity index (χ0v) is 17.1. The fourth-order valence-corrected chi connectivity index (χ4v) is 3.89. The summed E-state index contributed by atoms with van der Waals surface area (Å²) in [4.78, 5) is 28.9. The number of rotatable bonds is 6. The highest BCUT2D eigenvalue weighted by atomic mass is 16.5. The minimum atomic E-state index is -0.00349. The molecule has 1 aromatic rings. The Hall–Kier alpha value is -2.08. The summed E-state index contributed by atoms with van der Waals surface area (Å²) in [6.45, 7) is 8.22. The Kier molecular flexibility index (Phi) is 7.31. The van der Waals surface area contributed by atoms with Gasteiger partial charge in [-0.1, -0.05) is 32.0 Å². The standard InChI is InChI=1S/C22H32N2O4/c1-3-17(2)19-6-4-5-7-20(19)28-16-21(25)23-10-8-18(9-11-23)22(26)24-12-14-27-15-13-24/h4-7,17-18H,3,8-16H2,1-2H3. The van der Waals surface area contributed by atoms with Crippen LogP contribution in [0.5, 0.6) is 5.75 Å². The lowest BCUT2D eigenvalue weighted by atomic mass is 9.95. The van der Waals surface area contributed by atoms with E-state index in [0.29, 0.717) is 45.3 Å². The third kappa shape index (κ3) is 5.04. The summed E-state index contributed by atoms with van der Waals surface area (Å²) in [5, 5.41) is 0. The highest BCUT2D eigenvalue weighted by Crippen LogP contribution is 2.28. The van der Waals surface area contributed by atoms with Crippen LogP contribution in [0.4, 0.5) is 0 Å². The van der Waals surface area contributed by atoms with E-state index in [2.05, 4.69) is 19.9 Å². The number of hydrogen-bond donors (Lipinski definition) is 0. The molecule has 0 bridgehead atoms. The molecule has 2 aliphatic rings. The highest BCUT2D eigenvalue weighted by Gasteiger charge is 2.31. The van der Waals surface area contributed by atoms with Crippen LogP contribution in [0, 0.1) is 5.92 Å². The molecule has 2 fully saturated rings. The van der Waals surface area contributed by atoms with Crippen molar-refractivity contribution in [2.24, 2.45) is 5.92 Å². The molecule has 6 heteroatoms. The molecule has 0 aliphatic carbocycles. The quantitative estimate of drug-likeness (QED) is 0.752. The van der Waals surface area contributed by atoms with Crippen molar-refractivity contribution < 1.29 is 19.1 Å². The number of para-hydroxylation sites is 1. The van der Waals surface area contributed by atoms with Crippen LogP contribution in [0.1, 0.15) is 44.6 Å². The van der Waals surface area contributed by atoms with Crippen LogP contribution < -0.4 is 4.74 Å². The van der Waals surface area contributed by atoms with E-state index in [1.165, 1.54) is 0 Å². The van der Waals surface area contributed by atoms with Crippen molar-refractivity contribution in [3.05, 3.63) is 29.8 Å². The number of nitrogens with zero attached hydrogens (tertiary/aromatic N) is 2. The van der Waals surface area contributed by atoms with Gasteiger partial charge in [-0.05, 0) is 36.8 Å². The van der Waals surface area contributed by atoms with Crippen LogP contribution in [-0.4, -0.2) is 67.6 Å². The predicted octanol–water partition coefficient (Wildman–Crippen LogP) is 2.68. The molecule has 1 atom stereocenters. The molecule has 2 saturated heterocycles. The van der Waals surface area contributed by atoms with Crippen molar-refractivity contribution >= 4 is 11.8 Å². The molecule has 0 radical (unpaired) electrons. The number of ether oxygens (including phenoxy) is 2. The van der Waals surface area contributed by atoms with Gasteiger partial charge in [0.15, 0.2) is 6.61 Å². The summed E-state index contributed by atoms with van der Waals surface area (Å²) in [7, 11) is 0. The van der Waals surface area contributed by atoms with Crippen molar-refractivity contribution in [2.45, 2.75) is 39.0 Å². The number of benzene rings is 1. The summed E-state index contributed by atoms with van der Waals surface area (Å²) < 4.78 is 11.2. The lowest BCUT2D eigenvalue weighted by molar-refractivity contribution is -0.144. The number of carbonyl (C=O) groups is 2. The van der Waals surface area contributed by atoms with Crippen molar-refractivity contribution in [3.8, 4) is 5.75 Å². The van der Waals surface area contributed by atoms with Gasteiger partial charge in [0.2, 0.25) is 5.91 Å². The molecule has 2 amide bonds. The molecule has 1 unspecified atom stereocenters. The summed E-state index contributed by atoms with van der Waals surface area (Å²) >= 11 is 0. The summed E-state index contributed by atoms with van der Waals surface area (Å²) in [5.74, 6) is 1.43. The molecular formula is C22H32N2O4. The van der Waals surface area contributed by atoms with Crippen LogP contribution in [-0.2, 0) is 14.3 Å². The Morgan fingerprint density at radius 1 is 1.11 bits per heavy atom. The van der Waals surface area contributed by atoms with E-state index < -0.39 is 0 Å². The second kappa shape index (κ2) is 9.92. The lowest BCUT2D eigenvalue weighted by Crippen LogP contribution is -2.48. The van der Waals surface area contributed by atoms with E-state index in [1.54, 1.807) is 0 Å². The van der Waals surface area contributed by atoms with E-state index in [0.717, 1.165) is 30.6 Å². The van der Waals surface area contributed by atoms with E-state index in [1.807, 2.05) is 28.0 Å². The molecule has 3 rings (SSSR count). The molecule has 2 aliphatic heterocycles. The molecule has 154 valence electrons. The van der Waals surface area contributed by atoms with E-state index in [4.69, 9.17) is 9.47 Å². The first-order chi connectivity index (χ1) is 13.6. The van der Waals surface area contributed by atoms with Gasteiger partial charge in [0.05, 0.1) is 13.2 Å². The molecule has 0 saturated carbocycles. The Morgan fingerprint density at radius 2 is 1.79 bits per heavy atom. The predicted molar refractivity (Wildman–Crippen MR) is 107 cm³/mol. The number of likely N-dealkylation sites (tertiary alicyclic amines) is 1. The second-order valence-corrected chi connectivity index (χ2v) is 7.73. The van der Waals surface area contributed by atoms with Crippen LogP contribution in [0.3, 0.4) is 0 Å².